The highest BCUT2D eigenvalue weighted by Crippen LogP contribution is 2.27. The molecule has 0 aliphatic carbocycles. The number of benzene rings is 2. The topological polar surface area (TPSA) is 17.1 Å². The summed E-state index contributed by atoms with van der Waals surface area (Å²) in [6, 6.07) is 14.1. The molecule has 0 fully saturated rings. The van der Waals surface area contributed by atoms with Crippen LogP contribution in [0.4, 0.5) is 4.39 Å². The molecule has 0 amide bonds. The van der Waals surface area contributed by atoms with Crippen molar-refractivity contribution in [1.29, 1.82) is 0 Å². The fourth-order valence-electron chi connectivity index (χ4n) is 1.63. The van der Waals surface area contributed by atoms with Gasteiger partial charge in [0.05, 0.1) is 5.75 Å². The van der Waals surface area contributed by atoms with Crippen LogP contribution in [0.25, 0.3) is 0 Å². The van der Waals surface area contributed by atoms with Crippen molar-refractivity contribution in [2.75, 3.05) is 5.75 Å². The van der Waals surface area contributed by atoms with E-state index in [4.69, 9.17) is 0 Å². The van der Waals surface area contributed by atoms with Gasteiger partial charge in [0.25, 0.3) is 0 Å². The monoisotopic (exact) mass is 338 g/mol. The first kappa shape index (κ1) is 14.3. The standard InChI is InChI=1S/C15H12BrFOS/c16-13-6-2-4-8-15(13)19-10-12(18)9-11-5-1-3-7-14(11)17/h1-8H,9-10H2. The summed E-state index contributed by atoms with van der Waals surface area (Å²) in [5.74, 6) is 0.0457. The maximum absolute atomic E-state index is 13.4. The lowest BCUT2D eigenvalue weighted by molar-refractivity contribution is -0.116. The molecule has 0 bridgehead atoms. The Morgan fingerprint density at radius 3 is 2.53 bits per heavy atom. The first-order chi connectivity index (χ1) is 9.16. The lowest BCUT2D eigenvalue weighted by Crippen LogP contribution is -2.07. The van der Waals surface area contributed by atoms with Gasteiger partial charge >= 0.3 is 0 Å². The van der Waals surface area contributed by atoms with Crippen LogP contribution < -0.4 is 0 Å². The molecule has 0 aromatic heterocycles. The molecule has 2 aromatic carbocycles. The van der Waals surface area contributed by atoms with Crippen molar-refractivity contribution in [3.8, 4) is 0 Å². The normalized spacial score (nSPS) is 10.4. The molecule has 0 spiro atoms. The fourth-order valence-corrected chi connectivity index (χ4v) is 3.05. The van der Waals surface area contributed by atoms with Gasteiger partial charge in [-0.15, -0.1) is 11.8 Å². The van der Waals surface area contributed by atoms with Gasteiger partial charge in [-0.3, -0.25) is 4.79 Å². The summed E-state index contributed by atoms with van der Waals surface area (Å²) >= 11 is 4.89. The molecule has 2 rings (SSSR count). The summed E-state index contributed by atoms with van der Waals surface area (Å²) in [7, 11) is 0. The summed E-state index contributed by atoms with van der Waals surface area (Å²) in [5.41, 5.74) is 0.459. The van der Waals surface area contributed by atoms with Crippen LogP contribution in [0.2, 0.25) is 0 Å². The molecule has 4 heteroatoms. The average Bonchev–Trinajstić information content (AvgIpc) is 2.40. The minimum absolute atomic E-state index is 0.0193. The molecule has 0 radical (unpaired) electrons. The third kappa shape index (κ3) is 4.18. The highest BCUT2D eigenvalue weighted by atomic mass is 79.9. The Labute approximate surface area is 124 Å². The second-order valence-electron chi connectivity index (χ2n) is 4.03. The highest BCUT2D eigenvalue weighted by Gasteiger charge is 2.09. The van der Waals surface area contributed by atoms with Crippen LogP contribution in [0.3, 0.4) is 0 Å². The number of halogens is 2. The highest BCUT2D eigenvalue weighted by molar-refractivity contribution is 9.10. The van der Waals surface area contributed by atoms with Gasteiger partial charge in [0.2, 0.25) is 0 Å². The number of hydrogen-bond donors (Lipinski definition) is 0. The summed E-state index contributed by atoms with van der Waals surface area (Å²) in [6.07, 6.45) is 0.143. The van der Waals surface area contributed by atoms with Crippen LogP contribution in [0, 0.1) is 5.82 Å². The second kappa shape index (κ2) is 6.87. The minimum atomic E-state index is -0.318. The zero-order valence-electron chi connectivity index (χ0n) is 10.1. The SMILES string of the molecule is O=C(CSc1ccccc1Br)Cc1ccccc1F. The van der Waals surface area contributed by atoms with Gasteiger partial charge in [0.1, 0.15) is 11.6 Å². The molecule has 0 saturated carbocycles. The molecule has 0 atom stereocenters. The quantitative estimate of drug-likeness (QED) is 0.747. The van der Waals surface area contributed by atoms with E-state index in [0.29, 0.717) is 11.3 Å². The van der Waals surface area contributed by atoms with Crippen molar-refractivity contribution < 1.29 is 9.18 Å². The molecule has 0 saturated heterocycles. The maximum atomic E-state index is 13.4. The lowest BCUT2D eigenvalue weighted by Gasteiger charge is -2.04. The van der Waals surface area contributed by atoms with E-state index in [9.17, 15) is 9.18 Å². The Balaban J connectivity index is 1.92. The number of rotatable bonds is 5. The van der Waals surface area contributed by atoms with Crippen molar-refractivity contribution in [2.45, 2.75) is 11.3 Å². The zero-order chi connectivity index (χ0) is 13.7. The molecule has 0 aliphatic rings. The van der Waals surface area contributed by atoms with E-state index in [2.05, 4.69) is 15.9 Å². The molecule has 98 valence electrons. The summed E-state index contributed by atoms with van der Waals surface area (Å²) in [6.45, 7) is 0. The predicted octanol–water partition coefficient (Wildman–Crippen LogP) is 4.49. The third-order valence-corrected chi connectivity index (χ3v) is 4.66. The van der Waals surface area contributed by atoms with Crippen molar-refractivity contribution in [2.24, 2.45) is 0 Å². The Hall–Kier alpha value is -1.13. The van der Waals surface area contributed by atoms with E-state index in [1.165, 1.54) is 17.8 Å². The van der Waals surface area contributed by atoms with Crippen LogP contribution in [0.1, 0.15) is 5.56 Å². The van der Waals surface area contributed by atoms with Gasteiger partial charge in [-0.25, -0.2) is 4.39 Å². The van der Waals surface area contributed by atoms with Crippen LogP contribution >= 0.6 is 27.7 Å². The Kier molecular flexibility index (Phi) is 5.16. The molecular formula is C15H12BrFOS. The predicted molar refractivity (Wildman–Crippen MR) is 80.0 cm³/mol. The zero-order valence-corrected chi connectivity index (χ0v) is 12.5. The van der Waals surface area contributed by atoms with Crippen LogP contribution in [0.5, 0.6) is 0 Å². The summed E-state index contributed by atoms with van der Waals surface area (Å²) in [5, 5.41) is 0. The van der Waals surface area contributed by atoms with Gasteiger partial charge in [-0.05, 0) is 39.7 Å². The van der Waals surface area contributed by atoms with Crippen molar-refractivity contribution in [3.63, 3.8) is 0 Å². The lowest BCUT2D eigenvalue weighted by atomic mass is 10.1. The van der Waals surface area contributed by atoms with Gasteiger partial charge in [-0.2, -0.15) is 0 Å². The van der Waals surface area contributed by atoms with E-state index >= 15 is 0 Å². The van der Waals surface area contributed by atoms with Gasteiger partial charge < -0.3 is 0 Å². The smallest absolute Gasteiger partial charge is 0.147 e. The van der Waals surface area contributed by atoms with Crippen molar-refractivity contribution >= 4 is 33.5 Å². The molecule has 2 aromatic rings. The molecule has 0 aliphatic heterocycles. The van der Waals surface area contributed by atoms with Gasteiger partial charge in [0, 0.05) is 15.8 Å². The molecule has 0 unspecified atom stereocenters. The largest absolute Gasteiger partial charge is 0.298 e. The molecule has 0 heterocycles. The van der Waals surface area contributed by atoms with E-state index in [1.54, 1.807) is 18.2 Å². The number of thioether (sulfide) groups is 1. The Bertz CT molecular complexity index is 586. The molecule has 1 nitrogen and oxygen atoms in total. The minimum Gasteiger partial charge on any atom is -0.298 e. The maximum Gasteiger partial charge on any atom is 0.147 e. The fraction of sp³-hybridized carbons (Fsp3) is 0.133. The number of ketones is 1. The van der Waals surface area contributed by atoms with E-state index in [1.807, 2.05) is 24.3 Å². The molecule has 19 heavy (non-hydrogen) atoms. The first-order valence-corrected chi connectivity index (χ1v) is 7.57. The Morgan fingerprint density at radius 1 is 1.11 bits per heavy atom. The Morgan fingerprint density at radius 2 is 1.79 bits per heavy atom. The van der Waals surface area contributed by atoms with Crippen LogP contribution in [0.15, 0.2) is 57.9 Å². The summed E-state index contributed by atoms with van der Waals surface area (Å²) < 4.78 is 14.4. The first-order valence-electron chi connectivity index (χ1n) is 5.79. The van der Waals surface area contributed by atoms with Gasteiger partial charge in [0.15, 0.2) is 0 Å². The van der Waals surface area contributed by atoms with E-state index in [-0.39, 0.29) is 18.0 Å². The van der Waals surface area contributed by atoms with Crippen LogP contribution in [-0.4, -0.2) is 11.5 Å². The molecular weight excluding hydrogens is 327 g/mol. The van der Waals surface area contributed by atoms with Crippen molar-refractivity contribution in [3.05, 3.63) is 64.4 Å². The van der Waals surface area contributed by atoms with Crippen molar-refractivity contribution in [1.82, 2.24) is 0 Å². The van der Waals surface area contributed by atoms with Gasteiger partial charge in [-0.1, -0.05) is 30.3 Å². The number of Topliss-reactive ketones (excluding diaryl/α,β-unsaturated/α-hetero) is 1. The summed E-state index contributed by atoms with van der Waals surface area (Å²) in [4.78, 5) is 12.9. The van der Waals surface area contributed by atoms with Crippen LogP contribution in [-0.2, 0) is 11.2 Å². The average molecular weight is 339 g/mol. The van der Waals surface area contributed by atoms with E-state index < -0.39 is 0 Å². The van der Waals surface area contributed by atoms with E-state index in [0.717, 1.165) is 9.37 Å². The number of carbonyl (C=O) groups is 1. The number of hydrogen-bond acceptors (Lipinski definition) is 2. The number of carbonyl (C=O) groups excluding carboxylic acids is 1. The molecule has 0 N–H and O–H groups in total. The third-order valence-electron chi connectivity index (χ3n) is 2.57. The second-order valence-corrected chi connectivity index (χ2v) is 5.90.